The summed E-state index contributed by atoms with van der Waals surface area (Å²) in [6.07, 6.45) is 2.58. The van der Waals surface area contributed by atoms with Gasteiger partial charge in [-0.2, -0.15) is 0 Å². The Kier molecular flexibility index (Phi) is 4.20. The second-order valence-electron chi connectivity index (χ2n) is 4.57. The maximum atomic E-state index is 12.0. The minimum Gasteiger partial charge on any atom is -0.493 e. The molecule has 1 saturated carbocycles. The van der Waals surface area contributed by atoms with Crippen molar-refractivity contribution in [1.82, 2.24) is 5.32 Å². The van der Waals surface area contributed by atoms with Gasteiger partial charge in [0.1, 0.15) is 0 Å². The molecule has 1 aromatic rings. The average Bonchev–Trinajstić information content (AvgIpc) is 3.21. The fourth-order valence-corrected chi connectivity index (χ4v) is 1.82. The van der Waals surface area contributed by atoms with Crippen LogP contribution in [-0.4, -0.2) is 33.1 Å². The zero-order chi connectivity index (χ0) is 13.0. The Labute approximate surface area is 107 Å². The van der Waals surface area contributed by atoms with E-state index in [0.29, 0.717) is 23.6 Å². The first kappa shape index (κ1) is 12.9. The van der Waals surface area contributed by atoms with Crippen molar-refractivity contribution < 1.29 is 14.3 Å². The van der Waals surface area contributed by atoms with Gasteiger partial charge in [-0.25, -0.2) is 0 Å². The molecule has 1 aliphatic carbocycles. The molecular weight excluding hydrogens is 230 g/mol. The third-order valence-electron chi connectivity index (χ3n) is 3.12. The van der Waals surface area contributed by atoms with Gasteiger partial charge in [-0.15, -0.1) is 0 Å². The van der Waals surface area contributed by atoms with Crippen LogP contribution in [0.1, 0.15) is 23.2 Å². The number of benzene rings is 1. The first-order valence-electron chi connectivity index (χ1n) is 6.20. The lowest BCUT2D eigenvalue weighted by atomic mass is 10.1. The van der Waals surface area contributed by atoms with Crippen molar-refractivity contribution in [1.29, 1.82) is 0 Å². The topological polar surface area (TPSA) is 47.6 Å². The lowest BCUT2D eigenvalue weighted by molar-refractivity contribution is 0.0990. The summed E-state index contributed by atoms with van der Waals surface area (Å²) in [6, 6.07) is 5.25. The summed E-state index contributed by atoms with van der Waals surface area (Å²) >= 11 is 0. The number of ketones is 1. The van der Waals surface area contributed by atoms with Crippen LogP contribution < -0.4 is 14.8 Å². The van der Waals surface area contributed by atoms with Crippen molar-refractivity contribution in [2.45, 2.75) is 12.8 Å². The SMILES string of the molecule is COc1ccc(C(=O)CNCC2CC2)cc1OC. The van der Waals surface area contributed by atoms with Crippen molar-refractivity contribution in [3.63, 3.8) is 0 Å². The average molecular weight is 249 g/mol. The monoisotopic (exact) mass is 249 g/mol. The fourth-order valence-electron chi connectivity index (χ4n) is 1.82. The Morgan fingerprint density at radius 3 is 2.61 bits per heavy atom. The summed E-state index contributed by atoms with van der Waals surface area (Å²) in [6.45, 7) is 1.32. The van der Waals surface area contributed by atoms with Crippen LogP contribution in [0, 0.1) is 5.92 Å². The second-order valence-corrected chi connectivity index (χ2v) is 4.57. The predicted octanol–water partition coefficient (Wildman–Crippen LogP) is 1.89. The number of rotatable bonds is 7. The number of nitrogens with one attached hydrogen (secondary N) is 1. The molecule has 1 aliphatic rings. The van der Waals surface area contributed by atoms with E-state index < -0.39 is 0 Å². The van der Waals surface area contributed by atoms with Crippen LogP contribution in [0.5, 0.6) is 11.5 Å². The van der Waals surface area contributed by atoms with Gasteiger partial charge in [0, 0.05) is 5.56 Å². The molecule has 4 nitrogen and oxygen atoms in total. The van der Waals surface area contributed by atoms with Crippen molar-refractivity contribution in [2.24, 2.45) is 5.92 Å². The number of carbonyl (C=O) groups is 1. The summed E-state index contributed by atoms with van der Waals surface area (Å²) in [5.74, 6) is 2.09. The van der Waals surface area contributed by atoms with Gasteiger partial charge in [-0.1, -0.05) is 0 Å². The summed E-state index contributed by atoms with van der Waals surface area (Å²) in [5, 5.41) is 3.19. The second kappa shape index (κ2) is 5.87. The molecule has 0 heterocycles. The number of Topliss-reactive ketones (excluding diaryl/α,β-unsaturated/α-hetero) is 1. The summed E-state index contributed by atoms with van der Waals surface area (Å²) in [7, 11) is 3.15. The molecule has 1 fully saturated rings. The number of carbonyl (C=O) groups excluding carboxylic acids is 1. The molecule has 4 heteroatoms. The van der Waals surface area contributed by atoms with Gasteiger partial charge in [-0.05, 0) is 43.5 Å². The highest BCUT2D eigenvalue weighted by atomic mass is 16.5. The van der Waals surface area contributed by atoms with E-state index in [1.165, 1.54) is 12.8 Å². The first-order valence-corrected chi connectivity index (χ1v) is 6.20. The van der Waals surface area contributed by atoms with E-state index in [1.54, 1.807) is 32.4 Å². The molecular formula is C14H19NO3. The normalized spacial score (nSPS) is 14.3. The Balaban J connectivity index is 1.95. The maximum absolute atomic E-state index is 12.0. The molecule has 1 N–H and O–H groups in total. The van der Waals surface area contributed by atoms with Gasteiger partial charge >= 0.3 is 0 Å². The molecule has 0 aliphatic heterocycles. The predicted molar refractivity (Wildman–Crippen MR) is 69.5 cm³/mol. The smallest absolute Gasteiger partial charge is 0.176 e. The number of hydrogen-bond acceptors (Lipinski definition) is 4. The molecule has 0 spiro atoms. The van der Waals surface area contributed by atoms with E-state index in [4.69, 9.17) is 9.47 Å². The summed E-state index contributed by atoms with van der Waals surface area (Å²) in [5.41, 5.74) is 0.649. The Morgan fingerprint density at radius 1 is 1.28 bits per heavy atom. The van der Waals surface area contributed by atoms with E-state index in [2.05, 4.69) is 5.32 Å². The molecule has 0 radical (unpaired) electrons. The zero-order valence-corrected chi connectivity index (χ0v) is 10.9. The van der Waals surface area contributed by atoms with Crippen LogP contribution in [0.4, 0.5) is 0 Å². The van der Waals surface area contributed by atoms with Gasteiger partial charge < -0.3 is 14.8 Å². The van der Waals surface area contributed by atoms with Crippen LogP contribution in [0.2, 0.25) is 0 Å². The van der Waals surface area contributed by atoms with E-state index in [-0.39, 0.29) is 5.78 Å². The molecule has 0 aromatic heterocycles. The van der Waals surface area contributed by atoms with Gasteiger partial charge in [0.05, 0.1) is 20.8 Å². The minimum atomic E-state index is 0.0802. The van der Waals surface area contributed by atoms with Gasteiger partial charge in [0.15, 0.2) is 17.3 Å². The Morgan fingerprint density at radius 2 is 2.00 bits per heavy atom. The largest absolute Gasteiger partial charge is 0.493 e. The minimum absolute atomic E-state index is 0.0802. The van der Waals surface area contributed by atoms with E-state index >= 15 is 0 Å². The molecule has 0 atom stereocenters. The molecule has 0 saturated heterocycles. The molecule has 18 heavy (non-hydrogen) atoms. The van der Waals surface area contributed by atoms with Crippen molar-refractivity contribution >= 4 is 5.78 Å². The van der Waals surface area contributed by atoms with Gasteiger partial charge in [0.25, 0.3) is 0 Å². The first-order chi connectivity index (χ1) is 8.74. The van der Waals surface area contributed by atoms with Crippen molar-refractivity contribution in [2.75, 3.05) is 27.3 Å². The Bertz CT molecular complexity index is 427. The highest BCUT2D eigenvalue weighted by Gasteiger charge is 2.20. The van der Waals surface area contributed by atoms with Gasteiger partial charge in [0.2, 0.25) is 0 Å². The standard InChI is InChI=1S/C14H19NO3/c1-17-13-6-5-11(7-14(13)18-2)12(16)9-15-8-10-3-4-10/h5-7,10,15H,3-4,8-9H2,1-2H3. The molecule has 0 bridgehead atoms. The summed E-state index contributed by atoms with van der Waals surface area (Å²) in [4.78, 5) is 12.0. The van der Waals surface area contributed by atoms with Crippen LogP contribution >= 0.6 is 0 Å². The van der Waals surface area contributed by atoms with Gasteiger partial charge in [-0.3, -0.25) is 4.79 Å². The van der Waals surface area contributed by atoms with Crippen molar-refractivity contribution in [3.05, 3.63) is 23.8 Å². The number of ether oxygens (including phenoxy) is 2. The van der Waals surface area contributed by atoms with E-state index in [1.807, 2.05) is 0 Å². The fraction of sp³-hybridized carbons (Fsp3) is 0.500. The quantitative estimate of drug-likeness (QED) is 0.750. The van der Waals surface area contributed by atoms with Crippen LogP contribution in [0.25, 0.3) is 0 Å². The van der Waals surface area contributed by atoms with E-state index in [0.717, 1.165) is 12.5 Å². The maximum Gasteiger partial charge on any atom is 0.176 e. The van der Waals surface area contributed by atoms with Crippen LogP contribution in [0.15, 0.2) is 18.2 Å². The lowest BCUT2D eigenvalue weighted by Crippen LogP contribution is -2.25. The number of methoxy groups -OCH3 is 2. The molecule has 98 valence electrons. The third-order valence-corrected chi connectivity index (χ3v) is 3.12. The Hall–Kier alpha value is -1.55. The highest BCUT2D eigenvalue weighted by Crippen LogP contribution is 2.28. The lowest BCUT2D eigenvalue weighted by Gasteiger charge is -2.09. The number of hydrogen-bond donors (Lipinski definition) is 1. The highest BCUT2D eigenvalue weighted by molar-refractivity contribution is 5.98. The molecule has 0 amide bonds. The molecule has 1 aromatic carbocycles. The third kappa shape index (κ3) is 3.23. The van der Waals surface area contributed by atoms with Crippen molar-refractivity contribution in [3.8, 4) is 11.5 Å². The van der Waals surface area contributed by atoms with E-state index in [9.17, 15) is 4.79 Å². The zero-order valence-electron chi connectivity index (χ0n) is 10.9. The van der Waals surface area contributed by atoms with Crippen LogP contribution in [-0.2, 0) is 0 Å². The summed E-state index contributed by atoms with van der Waals surface area (Å²) < 4.78 is 10.3. The molecule has 0 unspecified atom stereocenters. The van der Waals surface area contributed by atoms with Crippen LogP contribution in [0.3, 0.4) is 0 Å². The molecule has 2 rings (SSSR count).